The molecule has 0 bridgehead atoms. The molecule has 3 nitrogen and oxygen atoms in total. The summed E-state index contributed by atoms with van der Waals surface area (Å²) >= 11 is 0. The van der Waals surface area contributed by atoms with Crippen LogP contribution in [0.25, 0.3) is 0 Å². The summed E-state index contributed by atoms with van der Waals surface area (Å²) in [5, 5.41) is 10.1. The van der Waals surface area contributed by atoms with Gasteiger partial charge in [0.25, 0.3) is 0 Å². The maximum absolute atomic E-state index is 10.6. The van der Waals surface area contributed by atoms with Gasteiger partial charge < -0.3 is 14.6 Å². The lowest BCUT2D eigenvalue weighted by Gasteiger charge is -2.17. The number of ether oxygens (including phenoxy) is 1. The van der Waals surface area contributed by atoms with Gasteiger partial charge in [-0.25, -0.2) is 0 Å². The third-order valence-electron chi connectivity index (χ3n) is 2.99. The fourth-order valence-corrected chi connectivity index (χ4v) is 1.79. The monoisotopic (exact) mass is 236 g/mol. The number of benzene rings is 1. The summed E-state index contributed by atoms with van der Waals surface area (Å²) in [5.41, 5.74) is 1.88. The van der Waals surface area contributed by atoms with E-state index >= 15 is 0 Å². The molecule has 0 saturated heterocycles. The van der Waals surface area contributed by atoms with E-state index in [2.05, 4.69) is 13.8 Å². The van der Waals surface area contributed by atoms with Crippen molar-refractivity contribution in [3.05, 3.63) is 23.3 Å². The van der Waals surface area contributed by atoms with Gasteiger partial charge in [-0.05, 0) is 23.5 Å². The van der Waals surface area contributed by atoms with Gasteiger partial charge >= 0.3 is 0 Å². The maximum Gasteiger partial charge on any atom is 0.161 e. The van der Waals surface area contributed by atoms with Gasteiger partial charge in [0.2, 0.25) is 0 Å². The van der Waals surface area contributed by atoms with E-state index in [-0.39, 0.29) is 11.7 Å². The molecule has 0 fully saturated rings. The minimum absolute atomic E-state index is 0.0000926. The molecule has 1 atom stereocenters. The first-order valence-electron chi connectivity index (χ1n) is 5.85. The van der Waals surface area contributed by atoms with E-state index in [4.69, 9.17) is 4.74 Å². The zero-order chi connectivity index (χ0) is 13.0. The van der Waals surface area contributed by atoms with Crippen molar-refractivity contribution in [1.29, 1.82) is 0 Å². The van der Waals surface area contributed by atoms with Crippen molar-refractivity contribution in [1.82, 2.24) is 0 Å². The standard InChI is InChI=1S/C14H20O3/c1-9(2)11-7-12(10(3)5-6-15)14(16)13(8-11)17-4/h6-10,16H,5H2,1-4H3. The van der Waals surface area contributed by atoms with Gasteiger partial charge in [-0.15, -0.1) is 0 Å². The Hall–Kier alpha value is -1.51. The summed E-state index contributed by atoms with van der Waals surface area (Å²) in [4.78, 5) is 10.6. The van der Waals surface area contributed by atoms with E-state index in [1.807, 2.05) is 19.1 Å². The van der Waals surface area contributed by atoms with Crippen LogP contribution in [0.5, 0.6) is 11.5 Å². The molecule has 0 aliphatic rings. The molecule has 1 rings (SSSR count). The average molecular weight is 236 g/mol. The Labute approximate surface area is 102 Å². The summed E-state index contributed by atoms with van der Waals surface area (Å²) < 4.78 is 5.17. The second-order valence-corrected chi connectivity index (χ2v) is 4.62. The first-order chi connectivity index (χ1) is 8.01. The van der Waals surface area contributed by atoms with Crippen molar-refractivity contribution in [2.24, 2.45) is 0 Å². The Bertz CT molecular complexity index is 397. The number of methoxy groups -OCH3 is 1. The summed E-state index contributed by atoms with van der Waals surface area (Å²) in [6.45, 7) is 6.09. The zero-order valence-electron chi connectivity index (χ0n) is 10.9. The highest BCUT2D eigenvalue weighted by Gasteiger charge is 2.16. The lowest BCUT2D eigenvalue weighted by molar-refractivity contribution is -0.108. The molecule has 1 aromatic carbocycles. The second kappa shape index (κ2) is 5.71. The smallest absolute Gasteiger partial charge is 0.161 e. The Balaban J connectivity index is 3.26. The van der Waals surface area contributed by atoms with Crippen LogP contribution in [0.3, 0.4) is 0 Å². The van der Waals surface area contributed by atoms with Gasteiger partial charge in [0, 0.05) is 12.0 Å². The van der Waals surface area contributed by atoms with E-state index in [0.29, 0.717) is 18.1 Å². The highest BCUT2D eigenvalue weighted by Crippen LogP contribution is 2.38. The van der Waals surface area contributed by atoms with Crippen molar-refractivity contribution >= 4 is 6.29 Å². The van der Waals surface area contributed by atoms with Gasteiger partial charge in [-0.2, -0.15) is 0 Å². The lowest BCUT2D eigenvalue weighted by atomic mass is 9.92. The minimum Gasteiger partial charge on any atom is -0.504 e. The molecule has 0 radical (unpaired) electrons. The second-order valence-electron chi connectivity index (χ2n) is 4.62. The third-order valence-corrected chi connectivity index (χ3v) is 2.99. The number of rotatable bonds is 5. The molecule has 0 spiro atoms. The molecule has 0 heterocycles. The molecule has 0 aliphatic heterocycles. The summed E-state index contributed by atoms with van der Waals surface area (Å²) in [7, 11) is 1.54. The molecule has 0 saturated carbocycles. The van der Waals surface area contributed by atoms with Crippen molar-refractivity contribution in [2.75, 3.05) is 7.11 Å². The number of aromatic hydroxyl groups is 1. The minimum atomic E-state index is 0.0000926. The lowest BCUT2D eigenvalue weighted by Crippen LogP contribution is -2.00. The number of carbonyl (C=O) groups excluding carboxylic acids is 1. The topological polar surface area (TPSA) is 46.5 Å². The van der Waals surface area contributed by atoms with Crippen LogP contribution in [0.1, 0.15) is 50.2 Å². The zero-order valence-corrected chi connectivity index (χ0v) is 10.9. The number of hydrogen-bond donors (Lipinski definition) is 1. The van der Waals surface area contributed by atoms with Crippen molar-refractivity contribution in [3.63, 3.8) is 0 Å². The highest BCUT2D eigenvalue weighted by molar-refractivity contribution is 5.55. The van der Waals surface area contributed by atoms with Gasteiger partial charge in [0.05, 0.1) is 7.11 Å². The van der Waals surface area contributed by atoms with Crippen LogP contribution in [0, 0.1) is 0 Å². The predicted octanol–water partition coefficient (Wildman–Crippen LogP) is 3.22. The van der Waals surface area contributed by atoms with Crippen LogP contribution in [0.2, 0.25) is 0 Å². The van der Waals surface area contributed by atoms with Gasteiger partial charge in [0.1, 0.15) is 6.29 Å². The summed E-state index contributed by atoms with van der Waals surface area (Å²) in [6.07, 6.45) is 1.27. The Morgan fingerprint density at radius 1 is 1.35 bits per heavy atom. The molecule has 3 heteroatoms. The van der Waals surface area contributed by atoms with Crippen LogP contribution < -0.4 is 4.74 Å². The van der Waals surface area contributed by atoms with Crippen molar-refractivity contribution in [3.8, 4) is 11.5 Å². The number of phenols is 1. The molecule has 1 aromatic rings. The van der Waals surface area contributed by atoms with Crippen LogP contribution in [0.4, 0.5) is 0 Å². The molecular formula is C14H20O3. The Morgan fingerprint density at radius 3 is 2.47 bits per heavy atom. The van der Waals surface area contributed by atoms with E-state index in [0.717, 1.165) is 17.4 Å². The first-order valence-corrected chi connectivity index (χ1v) is 5.85. The maximum atomic E-state index is 10.6. The number of aldehydes is 1. The molecule has 0 aliphatic carbocycles. The van der Waals surface area contributed by atoms with Gasteiger partial charge in [-0.1, -0.05) is 26.8 Å². The van der Waals surface area contributed by atoms with Gasteiger partial charge in [-0.3, -0.25) is 0 Å². The number of carbonyl (C=O) groups is 1. The quantitative estimate of drug-likeness (QED) is 0.798. The van der Waals surface area contributed by atoms with E-state index in [9.17, 15) is 9.90 Å². The molecular weight excluding hydrogens is 216 g/mol. The molecule has 1 unspecified atom stereocenters. The largest absolute Gasteiger partial charge is 0.504 e. The van der Waals surface area contributed by atoms with Crippen molar-refractivity contribution in [2.45, 2.75) is 39.0 Å². The molecule has 0 aromatic heterocycles. The molecule has 94 valence electrons. The third kappa shape index (κ3) is 2.99. The first kappa shape index (κ1) is 13.6. The number of hydrogen-bond acceptors (Lipinski definition) is 3. The van der Waals surface area contributed by atoms with Gasteiger partial charge in [0.15, 0.2) is 11.5 Å². The van der Waals surface area contributed by atoms with E-state index < -0.39 is 0 Å². The fourth-order valence-electron chi connectivity index (χ4n) is 1.79. The summed E-state index contributed by atoms with van der Waals surface area (Å²) in [5.74, 6) is 0.974. The van der Waals surface area contributed by atoms with Crippen molar-refractivity contribution < 1.29 is 14.6 Å². The Morgan fingerprint density at radius 2 is 2.00 bits per heavy atom. The normalized spacial score (nSPS) is 12.5. The van der Waals surface area contributed by atoms with Crippen LogP contribution >= 0.6 is 0 Å². The van der Waals surface area contributed by atoms with Crippen LogP contribution in [-0.2, 0) is 4.79 Å². The van der Waals surface area contributed by atoms with E-state index in [1.54, 1.807) is 0 Å². The van der Waals surface area contributed by atoms with Crippen LogP contribution in [-0.4, -0.2) is 18.5 Å². The average Bonchev–Trinajstić information content (AvgIpc) is 2.29. The highest BCUT2D eigenvalue weighted by atomic mass is 16.5. The van der Waals surface area contributed by atoms with E-state index in [1.165, 1.54) is 7.11 Å². The Kier molecular flexibility index (Phi) is 4.55. The molecule has 17 heavy (non-hydrogen) atoms. The SMILES string of the molecule is COc1cc(C(C)C)cc(C(C)CC=O)c1O. The molecule has 1 N–H and O–H groups in total. The predicted molar refractivity (Wildman–Crippen MR) is 67.8 cm³/mol. The number of phenolic OH excluding ortho intramolecular Hbond substituents is 1. The summed E-state index contributed by atoms with van der Waals surface area (Å²) in [6, 6.07) is 3.80. The molecule has 0 amide bonds. The van der Waals surface area contributed by atoms with Crippen LogP contribution in [0.15, 0.2) is 12.1 Å². The fraction of sp³-hybridized carbons (Fsp3) is 0.500.